The predicted octanol–water partition coefficient (Wildman–Crippen LogP) is 8.21. The molecule has 0 aromatic heterocycles. The number of rotatable bonds is 4. The molecule has 0 saturated carbocycles. The summed E-state index contributed by atoms with van der Waals surface area (Å²) < 4.78 is 2.15. The first kappa shape index (κ1) is 19.2. The molecule has 0 aliphatic heterocycles. The average Bonchev–Trinajstić information content (AvgIpc) is 2.98. The van der Waals surface area contributed by atoms with Gasteiger partial charge in [0, 0.05) is 8.95 Å². The summed E-state index contributed by atoms with van der Waals surface area (Å²) in [4.78, 5) is 0. The molecule has 0 amide bonds. The highest BCUT2D eigenvalue weighted by molar-refractivity contribution is 9.10. The van der Waals surface area contributed by atoms with Crippen molar-refractivity contribution in [2.45, 2.75) is 12.3 Å². The monoisotopic (exact) mass is 490 g/mol. The fourth-order valence-corrected chi connectivity index (χ4v) is 4.93. The Labute approximate surface area is 183 Å². The summed E-state index contributed by atoms with van der Waals surface area (Å²) in [7, 11) is 0. The van der Waals surface area contributed by atoms with E-state index in [1.807, 2.05) is 19.1 Å². The lowest BCUT2D eigenvalue weighted by molar-refractivity contribution is 0.769. The van der Waals surface area contributed by atoms with Crippen LogP contribution in [0.5, 0.6) is 0 Å². The smallest absolute Gasteiger partial charge is 0.0708 e. The Morgan fingerprint density at radius 1 is 0.821 bits per heavy atom. The standard InChI is InChI=1S/C26H20Br2/c1-3-4-6-9-18(2)26(19-10-7-5-8-11-19)24-16-20(27)12-14-22(24)23-15-13-21(28)17-25(23)26/h3-17H,2H2,1H3/b4-3-,9-6-. The molecule has 0 radical (unpaired) electrons. The fraction of sp³-hybridized carbons (Fsp3) is 0.0769. The molecule has 0 unspecified atom stereocenters. The van der Waals surface area contributed by atoms with Crippen LogP contribution in [0.1, 0.15) is 23.6 Å². The highest BCUT2D eigenvalue weighted by atomic mass is 79.9. The van der Waals surface area contributed by atoms with Gasteiger partial charge >= 0.3 is 0 Å². The van der Waals surface area contributed by atoms with E-state index in [4.69, 9.17) is 0 Å². The molecular formula is C26H20Br2. The van der Waals surface area contributed by atoms with Crippen molar-refractivity contribution in [1.29, 1.82) is 0 Å². The number of fused-ring (bicyclic) bond motifs is 3. The first-order valence-electron chi connectivity index (χ1n) is 9.23. The van der Waals surface area contributed by atoms with Gasteiger partial charge in [0.05, 0.1) is 5.41 Å². The first-order valence-corrected chi connectivity index (χ1v) is 10.8. The van der Waals surface area contributed by atoms with Gasteiger partial charge in [-0.3, -0.25) is 0 Å². The Balaban J connectivity index is 2.12. The molecule has 0 bridgehead atoms. The summed E-state index contributed by atoms with van der Waals surface area (Å²) in [6.07, 6.45) is 8.28. The molecule has 28 heavy (non-hydrogen) atoms. The minimum absolute atomic E-state index is 0.433. The number of hydrogen-bond donors (Lipinski definition) is 0. The van der Waals surface area contributed by atoms with Gasteiger partial charge in [0.25, 0.3) is 0 Å². The molecule has 3 aromatic rings. The minimum atomic E-state index is -0.433. The van der Waals surface area contributed by atoms with Gasteiger partial charge < -0.3 is 0 Å². The molecular weight excluding hydrogens is 472 g/mol. The number of hydrogen-bond acceptors (Lipinski definition) is 0. The van der Waals surface area contributed by atoms with Crippen LogP contribution in [0.25, 0.3) is 11.1 Å². The van der Waals surface area contributed by atoms with Crippen LogP contribution in [0.3, 0.4) is 0 Å². The van der Waals surface area contributed by atoms with Gasteiger partial charge in [-0.15, -0.1) is 0 Å². The normalized spacial score (nSPS) is 14.4. The van der Waals surface area contributed by atoms with Gasteiger partial charge in [-0.1, -0.05) is 105 Å². The summed E-state index contributed by atoms with van der Waals surface area (Å²) in [5.74, 6) is 0. The van der Waals surface area contributed by atoms with Crippen LogP contribution in [0.15, 0.2) is 112 Å². The average molecular weight is 492 g/mol. The third-order valence-electron chi connectivity index (χ3n) is 5.35. The van der Waals surface area contributed by atoms with Crippen molar-refractivity contribution in [2.75, 3.05) is 0 Å². The molecule has 0 saturated heterocycles. The van der Waals surface area contributed by atoms with Crippen LogP contribution in [0.4, 0.5) is 0 Å². The largest absolute Gasteiger partial charge is 0.0942 e. The molecule has 0 heterocycles. The SMILES string of the molecule is C=C(/C=C\C=C/C)C1(c2ccccc2)c2cc(Br)ccc2-c2ccc(Br)cc21. The van der Waals surface area contributed by atoms with Crippen LogP contribution >= 0.6 is 31.9 Å². The van der Waals surface area contributed by atoms with Crippen molar-refractivity contribution >= 4 is 31.9 Å². The zero-order valence-electron chi connectivity index (χ0n) is 15.6. The summed E-state index contributed by atoms with van der Waals surface area (Å²) in [5.41, 5.74) is 6.88. The van der Waals surface area contributed by atoms with Gasteiger partial charge in [-0.25, -0.2) is 0 Å². The quantitative estimate of drug-likeness (QED) is 0.322. The summed E-state index contributed by atoms with van der Waals surface area (Å²) in [6.45, 7) is 6.59. The van der Waals surface area contributed by atoms with E-state index in [9.17, 15) is 0 Å². The van der Waals surface area contributed by atoms with Gasteiger partial charge in [0.15, 0.2) is 0 Å². The van der Waals surface area contributed by atoms with Crippen LogP contribution in [-0.4, -0.2) is 0 Å². The zero-order valence-corrected chi connectivity index (χ0v) is 18.8. The van der Waals surface area contributed by atoms with E-state index in [2.05, 4.69) is 117 Å². The third-order valence-corrected chi connectivity index (χ3v) is 6.34. The van der Waals surface area contributed by atoms with Gasteiger partial charge in [-0.05, 0) is 64.6 Å². The number of halogens is 2. The Bertz CT molecular complexity index is 1050. The first-order chi connectivity index (χ1) is 13.6. The lowest BCUT2D eigenvalue weighted by Gasteiger charge is -2.34. The molecule has 1 aliphatic carbocycles. The van der Waals surface area contributed by atoms with E-state index in [1.165, 1.54) is 27.8 Å². The Morgan fingerprint density at radius 3 is 1.93 bits per heavy atom. The Hall–Kier alpha value is -2.16. The summed E-state index contributed by atoms with van der Waals surface area (Å²) in [5, 5.41) is 0. The van der Waals surface area contributed by atoms with Gasteiger partial charge in [-0.2, -0.15) is 0 Å². The maximum Gasteiger partial charge on any atom is 0.0708 e. The van der Waals surface area contributed by atoms with Gasteiger partial charge in [0.2, 0.25) is 0 Å². The van der Waals surface area contributed by atoms with Crippen molar-refractivity contribution in [2.24, 2.45) is 0 Å². The van der Waals surface area contributed by atoms with Crippen LogP contribution < -0.4 is 0 Å². The Morgan fingerprint density at radius 2 is 1.39 bits per heavy atom. The second-order valence-electron chi connectivity index (χ2n) is 6.91. The molecule has 138 valence electrons. The second kappa shape index (κ2) is 7.69. The minimum Gasteiger partial charge on any atom is -0.0942 e. The van der Waals surface area contributed by atoms with E-state index >= 15 is 0 Å². The topological polar surface area (TPSA) is 0 Å². The molecule has 0 nitrogen and oxygen atoms in total. The van der Waals surface area contributed by atoms with Crippen molar-refractivity contribution in [3.05, 3.63) is 129 Å². The van der Waals surface area contributed by atoms with Crippen molar-refractivity contribution in [1.82, 2.24) is 0 Å². The third kappa shape index (κ3) is 2.96. The number of allylic oxidation sites excluding steroid dienone is 5. The van der Waals surface area contributed by atoms with E-state index in [0.29, 0.717) is 0 Å². The fourth-order valence-electron chi connectivity index (χ4n) is 4.21. The summed E-state index contributed by atoms with van der Waals surface area (Å²) in [6, 6.07) is 23.8. The maximum absolute atomic E-state index is 4.56. The van der Waals surface area contributed by atoms with Gasteiger partial charge in [0.1, 0.15) is 0 Å². The van der Waals surface area contributed by atoms with E-state index < -0.39 is 5.41 Å². The Kier molecular flexibility index (Phi) is 5.27. The zero-order chi connectivity index (χ0) is 19.7. The lowest BCUT2D eigenvalue weighted by atomic mass is 9.67. The molecule has 4 rings (SSSR count). The molecule has 0 spiro atoms. The molecule has 0 N–H and O–H groups in total. The van der Waals surface area contributed by atoms with Crippen LogP contribution in [-0.2, 0) is 5.41 Å². The van der Waals surface area contributed by atoms with Crippen molar-refractivity contribution in [3.8, 4) is 11.1 Å². The van der Waals surface area contributed by atoms with Crippen molar-refractivity contribution in [3.63, 3.8) is 0 Å². The van der Waals surface area contributed by atoms with E-state index in [0.717, 1.165) is 14.5 Å². The predicted molar refractivity (Wildman–Crippen MR) is 127 cm³/mol. The maximum atomic E-state index is 4.56. The molecule has 2 heteroatoms. The molecule has 0 fully saturated rings. The summed E-state index contributed by atoms with van der Waals surface area (Å²) >= 11 is 7.39. The molecule has 0 atom stereocenters. The number of benzene rings is 3. The highest BCUT2D eigenvalue weighted by Gasteiger charge is 2.46. The highest BCUT2D eigenvalue weighted by Crippen LogP contribution is 2.57. The lowest BCUT2D eigenvalue weighted by Crippen LogP contribution is -2.28. The molecule has 3 aromatic carbocycles. The van der Waals surface area contributed by atoms with E-state index in [-0.39, 0.29) is 0 Å². The van der Waals surface area contributed by atoms with Crippen molar-refractivity contribution < 1.29 is 0 Å². The van der Waals surface area contributed by atoms with E-state index in [1.54, 1.807) is 0 Å². The van der Waals surface area contributed by atoms with Crippen LogP contribution in [0.2, 0.25) is 0 Å². The van der Waals surface area contributed by atoms with Crippen LogP contribution in [0, 0.1) is 0 Å². The molecule has 1 aliphatic rings. The second-order valence-corrected chi connectivity index (χ2v) is 8.74.